The van der Waals surface area contributed by atoms with E-state index in [0.717, 1.165) is 23.2 Å². The van der Waals surface area contributed by atoms with E-state index < -0.39 is 11.9 Å². The first-order valence-electron chi connectivity index (χ1n) is 6.54. The van der Waals surface area contributed by atoms with E-state index in [1.807, 2.05) is 39.0 Å². The van der Waals surface area contributed by atoms with Crippen LogP contribution in [0.25, 0.3) is 0 Å². The average Bonchev–Trinajstić information content (AvgIpc) is 2.32. The van der Waals surface area contributed by atoms with Crippen molar-refractivity contribution >= 4 is 17.6 Å². The molecule has 1 aromatic rings. The molecule has 0 aliphatic heterocycles. The van der Waals surface area contributed by atoms with Gasteiger partial charge in [0.05, 0.1) is 6.42 Å². The minimum absolute atomic E-state index is 0.120. The summed E-state index contributed by atoms with van der Waals surface area (Å²) in [5, 5.41) is 11.7. The number of carbonyl (C=O) groups is 2. The van der Waals surface area contributed by atoms with Crippen molar-refractivity contribution in [3.05, 3.63) is 29.3 Å². The monoisotopic (exact) mass is 263 g/mol. The molecule has 1 unspecified atom stereocenters. The van der Waals surface area contributed by atoms with Crippen molar-refractivity contribution in [1.29, 1.82) is 0 Å². The van der Waals surface area contributed by atoms with Crippen LogP contribution < -0.4 is 5.32 Å². The molecule has 0 fully saturated rings. The summed E-state index contributed by atoms with van der Waals surface area (Å²) in [4.78, 5) is 23.0. The second-order valence-electron chi connectivity index (χ2n) is 4.84. The Morgan fingerprint density at radius 2 is 1.84 bits per heavy atom. The summed E-state index contributed by atoms with van der Waals surface area (Å²) in [6, 6.07) is 5.78. The van der Waals surface area contributed by atoms with Crippen LogP contribution >= 0.6 is 0 Å². The zero-order valence-electron chi connectivity index (χ0n) is 11.7. The summed E-state index contributed by atoms with van der Waals surface area (Å²) in [5.74, 6) is -1.61. The lowest BCUT2D eigenvalue weighted by molar-refractivity contribution is -0.140. The van der Waals surface area contributed by atoms with Crippen molar-refractivity contribution in [3.63, 3.8) is 0 Å². The molecule has 1 amide bonds. The lowest BCUT2D eigenvalue weighted by Gasteiger charge is -2.17. The van der Waals surface area contributed by atoms with Gasteiger partial charge < -0.3 is 10.4 Å². The van der Waals surface area contributed by atoms with E-state index in [1.165, 1.54) is 0 Å². The van der Waals surface area contributed by atoms with Crippen LogP contribution in [0, 0.1) is 19.8 Å². The van der Waals surface area contributed by atoms with Crippen molar-refractivity contribution in [1.82, 2.24) is 0 Å². The lowest BCUT2D eigenvalue weighted by atomic mass is 9.98. The van der Waals surface area contributed by atoms with Gasteiger partial charge in [-0.3, -0.25) is 9.59 Å². The summed E-state index contributed by atoms with van der Waals surface area (Å²) in [6.07, 6.45) is 1.26. The number of aliphatic carboxylic acids is 1. The van der Waals surface area contributed by atoms with Gasteiger partial charge in [0.15, 0.2) is 0 Å². The smallest absolute Gasteiger partial charge is 0.304 e. The van der Waals surface area contributed by atoms with Crippen LogP contribution in [0.1, 0.15) is 37.3 Å². The molecule has 19 heavy (non-hydrogen) atoms. The zero-order valence-corrected chi connectivity index (χ0v) is 11.7. The van der Waals surface area contributed by atoms with E-state index in [4.69, 9.17) is 5.11 Å². The average molecular weight is 263 g/mol. The Labute approximate surface area is 113 Å². The van der Waals surface area contributed by atoms with Gasteiger partial charge in [0.25, 0.3) is 0 Å². The molecule has 4 nitrogen and oxygen atoms in total. The standard InChI is InChI=1S/C15H21NO3/c1-4-6-12(9-13(17)18)15(19)16-14-10(2)7-5-8-11(14)3/h5,7-8,12H,4,6,9H2,1-3H3,(H,16,19)(H,17,18). The Balaban J connectivity index is 2.84. The predicted octanol–water partition coefficient (Wildman–Crippen LogP) is 3.13. The molecule has 0 aliphatic rings. The van der Waals surface area contributed by atoms with Gasteiger partial charge in [0.1, 0.15) is 0 Å². The van der Waals surface area contributed by atoms with Gasteiger partial charge in [-0.05, 0) is 31.4 Å². The Morgan fingerprint density at radius 3 is 2.32 bits per heavy atom. The summed E-state index contributed by atoms with van der Waals surface area (Å²) in [6.45, 7) is 5.80. The Kier molecular flexibility index (Phi) is 5.55. The SMILES string of the molecule is CCCC(CC(=O)O)C(=O)Nc1c(C)cccc1C. The van der Waals surface area contributed by atoms with Crippen molar-refractivity contribution in [2.45, 2.75) is 40.0 Å². The fourth-order valence-corrected chi connectivity index (χ4v) is 2.12. The molecule has 0 aromatic heterocycles. The highest BCUT2D eigenvalue weighted by atomic mass is 16.4. The zero-order chi connectivity index (χ0) is 14.4. The number of benzene rings is 1. The highest BCUT2D eigenvalue weighted by Gasteiger charge is 2.21. The van der Waals surface area contributed by atoms with Gasteiger partial charge in [-0.15, -0.1) is 0 Å². The normalized spacial score (nSPS) is 11.9. The maximum Gasteiger partial charge on any atom is 0.304 e. The molecule has 0 saturated carbocycles. The molecule has 1 aromatic carbocycles. The Morgan fingerprint density at radius 1 is 1.26 bits per heavy atom. The van der Waals surface area contributed by atoms with Crippen LogP contribution in [0.5, 0.6) is 0 Å². The summed E-state index contributed by atoms with van der Waals surface area (Å²) in [5.41, 5.74) is 2.76. The third kappa shape index (κ3) is 4.39. The molecule has 0 saturated heterocycles. The summed E-state index contributed by atoms with van der Waals surface area (Å²) >= 11 is 0. The molecule has 0 aliphatic carbocycles. The predicted molar refractivity (Wildman–Crippen MR) is 75.2 cm³/mol. The molecule has 4 heteroatoms. The minimum atomic E-state index is -0.935. The topological polar surface area (TPSA) is 66.4 Å². The van der Waals surface area contributed by atoms with Crippen molar-refractivity contribution < 1.29 is 14.7 Å². The van der Waals surface area contributed by atoms with Gasteiger partial charge >= 0.3 is 5.97 Å². The first-order valence-corrected chi connectivity index (χ1v) is 6.54. The molecule has 1 rings (SSSR count). The molecular formula is C15H21NO3. The second kappa shape index (κ2) is 6.92. The number of aryl methyl sites for hydroxylation is 2. The highest BCUT2D eigenvalue weighted by molar-refractivity contribution is 5.95. The van der Waals surface area contributed by atoms with Crippen LogP contribution in [0.15, 0.2) is 18.2 Å². The van der Waals surface area contributed by atoms with Gasteiger partial charge in [0, 0.05) is 11.6 Å². The number of anilines is 1. The number of carbonyl (C=O) groups excluding carboxylic acids is 1. The quantitative estimate of drug-likeness (QED) is 0.828. The highest BCUT2D eigenvalue weighted by Crippen LogP contribution is 2.22. The summed E-state index contributed by atoms with van der Waals surface area (Å²) < 4.78 is 0. The first-order chi connectivity index (χ1) is 8.95. The maximum atomic E-state index is 12.2. The fraction of sp³-hybridized carbons (Fsp3) is 0.467. The van der Waals surface area contributed by atoms with Crippen LogP contribution in [0.2, 0.25) is 0 Å². The molecule has 0 spiro atoms. The van der Waals surface area contributed by atoms with E-state index >= 15 is 0 Å². The summed E-state index contributed by atoms with van der Waals surface area (Å²) in [7, 11) is 0. The van der Waals surface area contributed by atoms with Gasteiger partial charge in [-0.25, -0.2) is 0 Å². The minimum Gasteiger partial charge on any atom is -0.481 e. The van der Waals surface area contributed by atoms with E-state index in [1.54, 1.807) is 0 Å². The number of carboxylic acid groups (broad SMARTS) is 1. The van der Waals surface area contributed by atoms with E-state index in [9.17, 15) is 9.59 Å². The third-order valence-electron chi connectivity index (χ3n) is 3.16. The Bertz CT molecular complexity index is 448. The van der Waals surface area contributed by atoms with Crippen LogP contribution in [-0.2, 0) is 9.59 Å². The van der Waals surface area contributed by atoms with Gasteiger partial charge in [0.2, 0.25) is 5.91 Å². The fourth-order valence-electron chi connectivity index (χ4n) is 2.12. The third-order valence-corrected chi connectivity index (χ3v) is 3.16. The van der Waals surface area contributed by atoms with Crippen LogP contribution in [-0.4, -0.2) is 17.0 Å². The molecule has 2 N–H and O–H groups in total. The number of nitrogens with one attached hydrogen (secondary N) is 1. The van der Waals surface area contributed by atoms with Crippen LogP contribution in [0.3, 0.4) is 0 Å². The molecule has 1 atom stereocenters. The molecule has 104 valence electrons. The van der Waals surface area contributed by atoms with E-state index in [-0.39, 0.29) is 12.3 Å². The van der Waals surface area contributed by atoms with Gasteiger partial charge in [-0.2, -0.15) is 0 Å². The number of carboxylic acids is 1. The molecule has 0 heterocycles. The van der Waals surface area contributed by atoms with E-state index in [2.05, 4.69) is 5.32 Å². The van der Waals surface area contributed by atoms with Crippen LogP contribution in [0.4, 0.5) is 5.69 Å². The largest absolute Gasteiger partial charge is 0.481 e. The van der Waals surface area contributed by atoms with Crippen molar-refractivity contribution in [2.75, 3.05) is 5.32 Å². The van der Waals surface area contributed by atoms with Gasteiger partial charge in [-0.1, -0.05) is 31.5 Å². The molecule has 0 bridgehead atoms. The number of hydrogen-bond donors (Lipinski definition) is 2. The number of hydrogen-bond acceptors (Lipinski definition) is 2. The van der Waals surface area contributed by atoms with Crippen molar-refractivity contribution in [3.8, 4) is 0 Å². The molecule has 0 radical (unpaired) electrons. The van der Waals surface area contributed by atoms with Crippen molar-refractivity contribution in [2.24, 2.45) is 5.92 Å². The number of rotatable bonds is 6. The van der Waals surface area contributed by atoms with E-state index in [0.29, 0.717) is 6.42 Å². The number of para-hydroxylation sites is 1. The molecular weight excluding hydrogens is 242 g/mol. The first kappa shape index (κ1) is 15.2. The number of amides is 1. The maximum absolute atomic E-state index is 12.2. The Hall–Kier alpha value is -1.84. The second-order valence-corrected chi connectivity index (χ2v) is 4.84. The lowest BCUT2D eigenvalue weighted by Crippen LogP contribution is -2.25.